The summed E-state index contributed by atoms with van der Waals surface area (Å²) < 4.78 is 37.6. The summed E-state index contributed by atoms with van der Waals surface area (Å²) in [6.45, 7) is 1.08. The molecule has 0 aliphatic carbocycles. The summed E-state index contributed by atoms with van der Waals surface area (Å²) in [6, 6.07) is 4.19. The monoisotopic (exact) mass is 320 g/mol. The van der Waals surface area contributed by atoms with Crippen LogP contribution in [0, 0.1) is 0 Å². The van der Waals surface area contributed by atoms with Crippen LogP contribution in [0.25, 0.3) is 0 Å². The molecular weight excluding hydrogens is 304 g/mol. The standard InChI is InChI=1S/C12H17ClN2O4S/c1-18-12(4-5-19-8-12)7-15-20(16,17)9-2-3-11(14)10(13)6-9/h2-3,6,15H,4-5,7-8,14H2,1H3. The first kappa shape index (κ1) is 15.5. The molecule has 1 atom stereocenters. The summed E-state index contributed by atoms with van der Waals surface area (Å²) >= 11 is 5.84. The highest BCUT2D eigenvalue weighted by Gasteiger charge is 2.36. The van der Waals surface area contributed by atoms with E-state index in [2.05, 4.69) is 4.72 Å². The molecule has 8 heteroatoms. The van der Waals surface area contributed by atoms with Gasteiger partial charge in [-0.15, -0.1) is 0 Å². The van der Waals surface area contributed by atoms with Crippen LogP contribution < -0.4 is 10.5 Å². The van der Waals surface area contributed by atoms with Crippen molar-refractivity contribution >= 4 is 27.3 Å². The molecule has 0 radical (unpaired) electrons. The van der Waals surface area contributed by atoms with Gasteiger partial charge in [0.25, 0.3) is 0 Å². The largest absolute Gasteiger partial charge is 0.398 e. The molecule has 6 nitrogen and oxygen atoms in total. The summed E-state index contributed by atoms with van der Waals surface area (Å²) in [7, 11) is -2.12. The van der Waals surface area contributed by atoms with Gasteiger partial charge in [-0.3, -0.25) is 0 Å². The minimum Gasteiger partial charge on any atom is -0.398 e. The number of hydrogen-bond donors (Lipinski definition) is 2. The van der Waals surface area contributed by atoms with Gasteiger partial charge in [-0.05, 0) is 18.2 Å². The van der Waals surface area contributed by atoms with Crippen LogP contribution in [-0.4, -0.2) is 40.9 Å². The van der Waals surface area contributed by atoms with Crippen LogP contribution in [0.2, 0.25) is 5.02 Å². The molecule has 0 aromatic heterocycles. The fourth-order valence-corrected chi connectivity index (χ4v) is 3.33. The van der Waals surface area contributed by atoms with Crippen LogP contribution in [0.1, 0.15) is 6.42 Å². The number of nitrogens with one attached hydrogen (secondary N) is 1. The molecular formula is C12H17ClN2O4S. The third-order valence-electron chi connectivity index (χ3n) is 3.37. The van der Waals surface area contributed by atoms with Gasteiger partial charge in [0.1, 0.15) is 5.60 Å². The van der Waals surface area contributed by atoms with Gasteiger partial charge in [0.05, 0.1) is 22.2 Å². The summed E-state index contributed by atoms with van der Waals surface area (Å²) in [4.78, 5) is 0.0712. The van der Waals surface area contributed by atoms with E-state index in [-0.39, 0.29) is 16.5 Å². The first-order valence-corrected chi connectivity index (χ1v) is 7.92. The van der Waals surface area contributed by atoms with Crippen LogP contribution in [0.3, 0.4) is 0 Å². The molecule has 112 valence electrons. The summed E-state index contributed by atoms with van der Waals surface area (Å²) in [5, 5.41) is 0.207. The second kappa shape index (κ2) is 5.87. The van der Waals surface area contributed by atoms with Crippen LogP contribution >= 0.6 is 11.6 Å². The maximum absolute atomic E-state index is 12.2. The van der Waals surface area contributed by atoms with Crippen LogP contribution in [0.4, 0.5) is 5.69 Å². The average molecular weight is 321 g/mol. The van der Waals surface area contributed by atoms with E-state index in [0.29, 0.717) is 25.3 Å². The Morgan fingerprint density at radius 1 is 1.55 bits per heavy atom. The van der Waals surface area contributed by atoms with Crippen LogP contribution in [-0.2, 0) is 19.5 Å². The molecule has 0 saturated carbocycles. The van der Waals surface area contributed by atoms with Gasteiger partial charge in [0.15, 0.2) is 0 Å². The Bertz CT molecular complexity index is 585. The van der Waals surface area contributed by atoms with E-state index >= 15 is 0 Å². The van der Waals surface area contributed by atoms with Gasteiger partial charge >= 0.3 is 0 Å². The highest BCUT2D eigenvalue weighted by atomic mass is 35.5. The Balaban J connectivity index is 2.13. The van der Waals surface area contributed by atoms with Crippen molar-refractivity contribution in [1.82, 2.24) is 4.72 Å². The number of nitrogens with two attached hydrogens (primary N) is 1. The Morgan fingerprint density at radius 2 is 2.30 bits per heavy atom. The predicted molar refractivity (Wildman–Crippen MR) is 76.2 cm³/mol. The van der Waals surface area contributed by atoms with Crippen molar-refractivity contribution in [2.24, 2.45) is 0 Å². The highest BCUT2D eigenvalue weighted by molar-refractivity contribution is 7.89. The molecule has 1 fully saturated rings. The number of nitrogen functional groups attached to an aromatic ring is 1. The SMILES string of the molecule is COC1(CNS(=O)(=O)c2ccc(N)c(Cl)c2)CCOC1. The number of halogens is 1. The molecule has 1 aromatic rings. The van der Waals surface area contributed by atoms with Crippen LogP contribution in [0.5, 0.6) is 0 Å². The Labute approximate surface area is 123 Å². The summed E-state index contributed by atoms with van der Waals surface area (Å²) in [5.41, 5.74) is 5.29. The second-order valence-corrected chi connectivity index (χ2v) is 6.87. The van der Waals surface area contributed by atoms with Gasteiger partial charge in [0.2, 0.25) is 10.0 Å². The molecule has 1 heterocycles. The molecule has 1 unspecified atom stereocenters. The lowest BCUT2D eigenvalue weighted by atomic mass is 10.0. The third-order valence-corrected chi connectivity index (χ3v) is 5.09. The zero-order chi connectivity index (χ0) is 14.8. The number of anilines is 1. The second-order valence-electron chi connectivity index (χ2n) is 4.70. The molecule has 0 amide bonds. The Kier molecular flexibility index (Phi) is 4.55. The number of hydrogen-bond acceptors (Lipinski definition) is 5. The van der Waals surface area contributed by atoms with E-state index in [4.69, 9.17) is 26.8 Å². The fraction of sp³-hybridized carbons (Fsp3) is 0.500. The first-order chi connectivity index (χ1) is 9.38. The van der Waals surface area contributed by atoms with Crippen LogP contribution in [0.15, 0.2) is 23.1 Å². The van der Waals surface area contributed by atoms with Gasteiger partial charge in [0, 0.05) is 26.7 Å². The summed E-state index contributed by atoms with van der Waals surface area (Å²) in [5.74, 6) is 0. The fourth-order valence-electron chi connectivity index (χ4n) is 1.95. The van der Waals surface area contributed by atoms with Crippen molar-refractivity contribution in [1.29, 1.82) is 0 Å². The van der Waals surface area contributed by atoms with Gasteiger partial charge in [-0.1, -0.05) is 11.6 Å². The van der Waals surface area contributed by atoms with Gasteiger partial charge in [-0.25, -0.2) is 13.1 Å². The zero-order valence-electron chi connectivity index (χ0n) is 11.1. The van der Waals surface area contributed by atoms with Crippen molar-refractivity contribution < 1.29 is 17.9 Å². The van der Waals surface area contributed by atoms with Crippen molar-refractivity contribution in [3.8, 4) is 0 Å². The van der Waals surface area contributed by atoms with E-state index in [0.717, 1.165) is 0 Å². The molecule has 0 bridgehead atoms. The Hall–Kier alpha value is -0.860. The molecule has 1 saturated heterocycles. The van der Waals surface area contributed by atoms with E-state index in [1.807, 2.05) is 0 Å². The zero-order valence-corrected chi connectivity index (χ0v) is 12.6. The van der Waals surface area contributed by atoms with Crippen molar-refractivity contribution in [3.05, 3.63) is 23.2 Å². The topological polar surface area (TPSA) is 90.7 Å². The minimum absolute atomic E-state index is 0.0712. The number of ether oxygens (including phenoxy) is 2. The maximum Gasteiger partial charge on any atom is 0.240 e. The normalized spacial score (nSPS) is 23.1. The molecule has 2 rings (SSSR count). The number of benzene rings is 1. The predicted octanol–water partition coefficient (Wildman–Crippen LogP) is 1.01. The average Bonchev–Trinajstić information content (AvgIpc) is 2.89. The first-order valence-electron chi connectivity index (χ1n) is 6.06. The lowest BCUT2D eigenvalue weighted by Crippen LogP contribution is -2.44. The van der Waals surface area contributed by atoms with E-state index in [1.165, 1.54) is 18.2 Å². The lowest BCUT2D eigenvalue weighted by Gasteiger charge is -2.25. The lowest BCUT2D eigenvalue weighted by molar-refractivity contribution is -0.0120. The minimum atomic E-state index is -3.66. The highest BCUT2D eigenvalue weighted by Crippen LogP contribution is 2.24. The molecule has 20 heavy (non-hydrogen) atoms. The Morgan fingerprint density at radius 3 is 2.85 bits per heavy atom. The van der Waals surface area contributed by atoms with Crippen molar-refractivity contribution in [2.45, 2.75) is 16.9 Å². The van der Waals surface area contributed by atoms with Crippen molar-refractivity contribution in [2.75, 3.05) is 32.6 Å². The number of rotatable bonds is 5. The van der Waals surface area contributed by atoms with E-state index in [9.17, 15) is 8.42 Å². The van der Waals surface area contributed by atoms with Crippen molar-refractivity contribution in [3.63, 3.8) is 0 Å². The number of sulfonamides is 1. The van der Waals surface area contributed by atoms with E-state index in [1.54, 1.807) is 7.11 Å². The van der Waals surface area contributed by atoms with E-state index < -0.39 is 15.6 Å². The molecule has 1 aromatic carbocycles. The molecule has 3 N–H and O–H groups in total. The number of methoxy groups -OCH3 is 1. The summed E-state index contributed by atoms with van der Waals surface area (Å²) in [6.07, 6.45) is 0.647. The smallest absolute Gasteiger partial charge is 0.240 e. The molecule has 1 aliphatic heterocycles. The van der Waals surface area contributed by atoms with Gasteiger partial charge < -0.3 is 15.2 Å². The third kappa shape index (κ3) is 3.24. The molecule has 0 spiro atoms. The maximum atomic E-state index is 12.2. The van der Waals surface area contributed by atoms with Gasteiger partial charge in [-0.2, -0.15) is 0 Å². The quantitative estimate of drug-likeness (QED) is 0.790. The molecule has 1 aliphatic rings.